The Bertz CT molecular complexity index is 671. The van der Waals surface area contributed by atoms with Crippen LogP contribution in [0.25, 0.3) is 16.6 Å². The molecule has 0 unspecified atom stereocenters. The van der Waals surface area contributed by atoms with Crippen molar-refractivity contribution >= 4 is 17.2 Å². The highest BCUT2D eigenvalue weighted by atomic mass is 16.1. The first-order chi connectivity index (χ1) is 8.40. The van der Waals surface area contributed by atoms with Gasteiger partial charge in [0, 0.05) is 5.39 Å². The minimum Gasteiger partial charge on any atom is -0.296 e. The number of aldehydes is 1. The van der Waals surface area contributed by atoms with Crippen LogP contribution in [0.2, 0.25) is 0 Å². The average molecular weight is 222 g/mol. The lowest BCUT2D eigenvalue weighted by atomic mass is 10.2. The van der Waals surface area contributed by atoms with Crippen molar-refractivity contribution in [3.63, 3.8) is 0 Å². The van der Waals surface area contributed by atoms with Gasteiger partial charge in [-0.05, 0) is 18.2 Å². The fourth-order valence-electron chi connectivity index (χ4n) is 1.94. The minimum atomic E-state index is 0.476. The van der Waals surface area contributed by atoms with E-state index in [9.17, 15) is 4.79 Å². The van der Waals surface area contributed by atoms with E-state index in [1.54, 1.807) is 4.68 Å². The Balaban J connectivity index is 2.34. The molecule has 0 bridgehead atoms. The van der Waals surface area contributed by atoms with E-state index in [2.05, 4.69) is 5.10 Å². The predicted octanol–water partition coefficient (Wildman–Crippen LogP) is 2.84. The molecule has 0 saturated carbocycles. The molecule has 3 heteroatoms. The monoisotopic (exact) mass is 222 g/mol. The van der Waals surface area contributed by atoms with E-state index in [0.29, 0.717) is 5.69 Å². The summed E-state index contributed by atoms with van der Waals surface area (Å²) in [5.41, 5.74) is 2.38. The highest BCUT2D eigenvalue weighted by Crippen LogP contribution is 2.20. The van der Waals surface area contributed by atoms with Crippen molar-refractivity contribution < 1.29 is 4.79 Å². The molecule has 0 aliphatic carbocycles. The van der Waals surface area contributed by atoms with E-state index in [-0.39, 0.29) is 0 Å². The van der Waals surface area contributed by atoms with Gasteiger partial charge in [-0.25, -0.2) is 4.68 Å². The number of fused-ring (bicyclic) bond motifs is 1. The van der Waals surface area contributed by atoms with Crippen molar-refractivity contribution in [1.82, 2.24) is 9.78 Å². The maximum atomic E-state index is 11.0. The first-order valence-corrected chi connectivity index (χ1v) is 5.38. The summed E-state index contributed by atoms with van der Waals surface area (Å²) in [4.78, 5) is 11.0. The number of rotatable bonds is 2. The van der Waals surface area contributed by atoms with Crippen LogP contribution in [-0.4, -0.2) is 16.1 Å². The van der Waals surface area contributed by atoms with E-state index in [1.807, 2.05) is 54.6 Å². The summed E-state index contributed by atoms with van der Waals surface area (Å²) >= 11 is 0. The Morgan fingerprint density at radius 2 is 1.65 bits per heavy atom. The summed E-state index contributed by atoms with van der Waals surface area (Å²) in [6, 6.07) is 17.5. The highest BCUT2D eigenvalue weighted by Gasteiger charge is 2.09. The molecule has 3 rings (SSSR count). The molecular formula is C14H10N2O. The Hall–Kier alpha value is -2.42. The molecule has 0 amide bonds. The summed E-state index contributed by atoms with van der Waals surface area (Å²) in [5.74, 6) is 0. The second-order valence-corrected chi connectivity index (χ2v) is 3.77. The van der Waals surface area contributed by atoms with Gasteiger partial charge in [0.2, 0.25) is 0 Å². The van der Waals surface area contributed by atoms with Gasteiger partial charge >= 0.3 is 0 Å². The molecule has 1 aromatic heterocycles. The lowest BCUT2D eigenvalue weighted by Gasteiger charge is -2.01. The van der Waals surface area contributed by atoms with Gasteiger partial charge in [0.15, 0.2) is 6.29 Å². The second kappa shape index (κ2) is 3.87. The number of hydrogen-bond acceptors (Lipinski definition) is 2. The lowest BCUT2D eigenvalue weighted by molar-refractivity contribution is 0.112. The van der Waals surface area contributed by atoms with Crippen molar-refractivity contribution in [2.75, 3.05) is 0 Å². The van der Waals surface area contributed by atoms with Gasteiger partial charge < -0.3 is 0 Å². The quantitative estimate of drug-likeness (QED) is 0.625. The normalized spacial score (nSPS) is 10.6. The molecule has 82 valence electrons. The summed E-state index contributed by atoms with van der Waals surface area (Å²) in [5, 5.41) is 5.21. The van der Waals surface area contributed by atoms with Crippen LogP contribution in [0.4, 0.5) is 0 Å². The Kier molecular flexibility index (Phi) is 2.22. The Morgan fingerprint density at radius 3 is 2.41 bits per heavy atom. The lowest BCUT2D eigenvalue weighted by Crippen LogP contribution is -1.96. The first kappa shape index (κ1) is 9.78. The van der Waals surface area contributed by atoms with Crippen LogP contribution in [0.3, 0.4) is 0 Å². The SMILES string of the molecule is O=Cc1nn(-c2ccccc2)c2ccccc12. The fraction of sp³-hybridized carbons (Fsp3) is 0. The van der Waals surface area contributed by atoms with E-state index < -0.39 is 0 Å². The Morgan fingerprint density at radius 1 is 0.941 bits per heavy atom. The predicted molar refractivity (Wildman–Crippen MR) is 66.5 cm³/mol. The van der Waals surface area contributed by atoms with E-state index in [0.717, 1.165) is 22.9 Å². The van der Waals surface area contributed by atoms with Gasteiger partial charge in [-0.15, -0.1) is 0 Å². The number of carbonyl (C=O) groups is 1. The van der Waals surface area contributed by atoms with Crippen LogP contribution in [-0.2, 0) is 0 Å². The zero-order chi connectivity index (χ0) is 11.7. The van der Waals surface area contributed by atoms with Crippen LogP contribution in [0.15, 0.2) is 54.6 Å². The minimum absolute atomic E-state index is 0.476. The molecule has 1 heterocycles. The summed E-state index contributed by atoms with van der Waals surface area (Å²) in [6.07, 6.45) is 0.793. The molecule has 2 aromatic carbocycles. The highest BCUT2D eigenvalue weighted by molar-refractivity contribution is 5.95. The Labute approximate surface area is 98.3 Å². The maximum absolute atomic E-state index is 11.0. The van der Waals surface area contributed by atoms with Crippen LogP contribution in [0.5, 0.6) is 0 Å². The third kappa shape index (κ3) is 1.52. The van der Waals surface area contributed by atoms with E-state index in [4.69, 9.17) is 0 Å². The molecule has 0 saturated heterocycles. The fourth-order valence-corrected chi connectivity index (χ4v) is 1.94. The number of nitrogens with zero attached hydrogens (tertiary/aromatic N) is 2. The largest absolute Gasteiger partial charge is 0.296 e. The maximum Gasteiger partial charge on any atom is 0.170 e. The van der Waals surface area contributed by atoms with Crippen LogP contribution < -0.4 is 0 Å². The van der Waals surface area contributed by atoms with Crippen molar-refractivity contribution in [3.8, 4) is 5.69 Å². The molecule has 0 N–H and O–H groups in total. The van der Waals surface area contributed by atoms with Gasteiger partial charge in [0.1, 0.15) is 5.69 Å². The van der Waals surface area contributed by atoms with Crippen molar-refractivity contribution in [3.05, 3.63) is 60.3 Å². The van der Waals surface area contributed by atoms with Gasteiger partial charge in [0.25, 0.3) is 0 Å². The molecule has 0 radical (unpaired) electrons. The van der Waals surface area contributed by atoms with Gasteiger partial charge in [-0.1, -0.05) is 36.4 Å². The van der Waals surface area contributed by atoms with Crippen LogP contribution >= 0.6 is 0 Å². The second-order valence-electron chi connectivity index (χ2n) is 3.77. The van der Waals surface area contributed by atoms with Crippen molar-refractivity contribution in [1.29, 1.82) is 0 Å². The van der Waals surface area contributed by atoms with Crippen molar-refractivity contribution in [2.24, 2.45) is 0 Å². The zero-order valence-corrected chi connectivity index (χ0v) is 9.08. The van der Waals surface area contributed by atoms with E-state index >= 15 is 0 Å². The zero-order valence-electron chi connectivity index (χ0n) is 9.08. The van der Waals surface area contributed by atoms with Crippen LogP contribution in [0.1, 0.15) is 10.5 Å². The first-order valence-electron chi connectivity index (χ1n) is 5.38. The molecule has 3 aromatic rings. The van der Waals surface area contributed by atoms with Gasteiger partial charge in [-0.2, -0.15) is 5.10 Å². The van der Waals surface area contributed by atoms with Crippen LogP contribution in [0, 0.1) is 0 Å². The third-order valence-electron chi connectivity index (χ3n) is 2.73. The summed E-state index contributed by atoms with van der Waals surface area (Å²) in [6.45, 7) is 0. The molecule has 0 aliphatic heterocycles. The number of carbonyl (C=O) groups excluding carboxylic acids is 1. The van der Waals surface area contributed by atoms with Gasteiger partial charge in [0.05, 0.1) is 11.2 Å². The van der Waals surface area contributed by atoms with Gasteiger partial charge in [-0.3, -0.25) is 4.79 Å². The number of aromatic nitrogens is 2. The molecule has 0 spiro atoms. The van der Waals surface area contributed by atoms with Crippen molar-refractivity contribution in [2.45, 2.75) is 0 Å². The number of benzene rings is 2. The smallest absolute Gasteiger partial charge is 0.170 e. The summed E-state index contributed by atoms with van der Waals surface area (Å²) in [7, 11) is 0. The summed E-state index contributed by atoms with van der Waals surface area (Å²) < 4.78 is 1.79. The standard InChI is InChI=1S/C14H10N2O/c17-10-13-12-8-4-5-9-14(12)16(15-13)11-6-2-1-3-7-11/h1-10H. The van der Waals surface area contributed by atoms with E-state index in [1.165, 1.54) is 0 Å². The molecule has 0 atom stereocenters. The number of para-hydroxylation sites is 2. The topological polar surface area (TPSA) is 34.9 Å². The molecule has 0 fully saturated rings. The molecular weight excluding hydrogens is 212 g/mol. The third-order valence-corrected chi connectivity index (χ3v) is 2.73. The number of hydrogen-bond donors (Lipinski definition) is 0. The molecule has 0 aliphatic rings. The average Bonchev–Trinajstić information content (AvgIpc) is 2.78. The molecule has 17 heavy (non-hydrogen) atoms. The molecule has 3 nitrogen and oxygen atoms in total.